The van der Waals surface area contributed by atoms with Crippen molar-refractivity contribution in [2.75, 3.05) is 30.4 Å². The zero-order valence-corrected chi connectivity index (χ0v) is 17.0. The molecule has 29 heavy (non-hydrogen) atoms. The van der Waals surface area contributed by atoms with E-state index < -0.39 is 12.1 Å². The standard InChI is InChI=1S/C23H28N2O4/c1-17(29-22(26)16-18-6-12-21(28-2)13-7-18)23(27)24-19-8-10-20(11-9-19)25-14-4-3-5-15-25/h6-13,17H,3-5,14-16H2,1-2H3,(H,24,27)/t17-/m1/s1. The molecular weight excluding hydrogens is 368 g/mol. The van der Waals surface area contributed by atoms with Crippen LogP contribution in [0.3, 0.4) is 0 Å². The Labute approximate surface area is 171 Å². The van der Waals surface area contributed by atoms with E-state index in [9.17, 15) is 9.59 Å². The van der Waals surface area contributed by atoms with E-state index in [2.05, 4.69) is 10.2 Å². The fourth-order valence-electron chi connectivity index (χ4n) is 3.35. The van der Waals surface area contributed by atoms with E-state index in [0.717, 1.165) is 24.4 Å². The van der Waals surface area contributed by atoms with Gasteiger partial charge < -0.3 is 19.7 Å². The molecule has 0 bridgehead atoms. The molecule has 2 aromatic carbocycles. The van der Waals surface area contributed by atoms with Gasteiger partial charge in [-0.1, -0.05) is 12.1 Å². The number of piperidine rings is 1. The van der Waals surface area contributed by atoms with Crippen LogP contribution >= 0.6 is 0 Å². The number of rotatable bonds is 7. The molecule has 0 aliphatic carbocycles. The summed E-state index contributed by atoms with van der Waals surface area (Å²) in [7, 11) is 1.59. The number of methoxy groups -OCH3 is 1. The van der Waals surface area contributed by atoms with Crippen LogP contribution in [0, 0.1) is 0 Å². The number of hydrogen-bond donors (Lipinski definition) is 1. The molecule has 0 saturated carbocycles. The predicted octanol–water partition coefficient (Wildman–Crippen LogP) is 3.80. The average Bonchev–Trinajstić information content (AvgIpc) is 2.75. The van der Waals surface area contributed by atoms with E-state index >= 15 is 0 Å². The van der Waals surface area contributed by atoms with Crippen molar-refractivity contribution >= 4 is 23.3 Å². The molecule has 1 saturated heterocycles. The fraction of sp³-hybridized carbons (Fsp3) is 0.391. The van der Waals surface area contributed by atoms with E-state index in [-0.39, 0.29) is 12.3 Å². The minimum Gasteiger partial charge on any atom is -0.497 e. The van der Waals surface area contributed by atoms with Crippen molar-refractivity contribution in [1.29, 1.82) is 0 Å². The van der Waals surface area contributed by atoms with Crippen LogP contribution in [-0.2, 0) is 20.7 Å². The Kier molecular flexibility index (Phi) is 7.11. The highest BCUT2D eigenvalue weighted by Gasteiger charge is 2.18. The Morgan fingerprint density at radius 1 is 1.00 bits per heavy atom. The molecule has 1 aliphatic rings. The molecule has 2 aromatic rings. The first kappa shape index (κ1) is 20.7. The number of ether oxygens (including phenoxy) is 2. The monoisotopic (exact) mass is 396 g/mol. The van der Waals surface area contributed by atoms with Gasteiger partial charge in [-0.3, -0.25) is 9.59 Å². The molecule has 0 spiro atoms. The zero-order valence-electron chi connectivity index (χ0n) is 17.0. The van der Waals surface area contributed by atoms with Crippen molar-refractivity contribution < 1.29 is 19.1 Å². The van der Waals surface area contributed by atoms with E-state index in [0.29, 0.717) is 5.69 Å². The Balaban J connectivity index is 1.48. The van der Waals surface area contributed by atoms with Crippen molar-refractivity contribution in [2.45, 2.75) is 38.7 Å². The fourth-order valence-corrected chi connectivity index (χ4v) is 3.35. The summed E-state index contributed by atoms with van der Waals surface area (Å²) < 4.78 is 10.4. The quantitative estimate of drug-likeness (QED) is 0.721. The van der Waals surface area contributed by atoms with Crippen LogP contribution in [0.4, 0.5) is 11.4 Å². The van der Waals surface area contributed by atoms with Gasteiger partial charge >= 0.3 is 5.97 Å². The SMILES string of the molecule is COc1ccc(CC(=O)O[C@H](C)C(=O)Nc2ccc(N3CCCCC3)cc2)cc1. The van der Waals surface area contributed by atoms with Gasteiger partial charge in [-0.05, 0) is 68.1 Å². The van der Waals surface area contributed by atoms with Gasteiger partial charge in [0.05, 0.1) is 13.5 Å². The first-order valence-corrected chi connectivity index (χ1v) is 10.0. The number of esters is 1. The van der Waals surface area contributed by atoms with Gasteiger partial charge in [-0.2, -0.15) is 0 Å². The molecule has 154 valence electrons. The van der Waals surface area contributed by atoms with Crippen molar-refractivity contribution in [1.82, 2.24) is 0 Å². The van der Waals surface area contributed by atoms with Crippen LogP contribution in [0.5, 0.6) is 5.75 Å². The van der Waals surface area contributed by atoms with Crippen molar-refractivity contribution in [2.24, 2.45) is 0 Å². The van der Waals surface area contributed by atoms with E-state index in [4.69, 9.17) is 9.47 Å². The second-order valence-corrected chi connectivity index (χ2v) is 7.24. The molecule has 3 rings (SSSR count). The Bertz CT molecular complexity index is 812. The first-order valence-electron chi connectivity index (χ1n) is 10.0. The molecule has 1 fully saturated rings. The van der Waals surface area contributed by atoms with E-state index in [1.165, 1.54) is 24.9 Å². The molecule has 1 atom stereocenters. The van der Waals surface area contributed by atoms with Crippen LogP contribution < -0.4 is 15.0 Å². The van der Waals surface area contributed by atoms with Gasteiger partial charge in [0, 0.05) is 24.5 Å². The lowest BCUT2D eigenvalue weighted by Crippen LogP contribution is -2.30. The number of hydrogen-bond acceptors (Lipinski definition) is 5. The summed E-state index contributed by atoms with van der Waals surface area (Å²) in [5.41, 5.74) is 2.66. The maximum absolute atomic E-state index is 12.4. The number of benzene rings is 2. The Morgan fingerprint density at radius 3 is 2.28 bits per heavy atom. The highest BCUT2D eigenvalue weighted by molar-refractivity contribution is 5.95. The van der Waals surface area contributed by atoms with E-state index in [1.54, 1.807) is 38.3 Å². The molecule has 0 aromatic heterocycles. The van der Waals surface area contributed by atoms with E-state index in [1.807, 2.05) is 24.3 Å². The number of carbonyl (C=O) groups excluding carboxylic acids is 2. The van der Waals surface area contributed by atoms with Crippen LogP contribution in [0.1, 0.15) is 31.7 Å². The number of anilines is 2. The van der Waals surface area contributed by atoms with Gasteiger partial charge in [-0.25, -0.2) is 0 Å². The summed E-state index contributed by atoms with van der Waals surface area (Å²) in [5.74, 6) is -0.0711. The first-order chi connectivity index (χ1) is 14.0. The van der Waals surface area contributed by atoms with Crippen LogP contribution in [0.2, 0.25) is 0 Å². The molecule has 1 amide bonds. The Hall–Kier alpha value is -3.02. The maximum atomic E-state index is 12.4. The summed E-state index contributed by atoms with van der Waals surface area (Å²) in [5, 5.41) is 2.80. The van der Waals surface area contributed by atoms with Gasteiger partial charge in [-0.15, -0.1) is 0 Å². The third-order valence-electron chi connectivity index (χ3n) is 5.04. The largest absolute Gasteiger partial charge is 0.497 e. The molecule has 1 N–H and O–H groups in total. The minimum absolute atomic E-state index is 0.103. The van der Waals surface area contributed by atoms with Crippen LogP contribution in [-0.4, -0.2) is 38.2 Å². The maximum Gasteiger partial charge on any atom is 0.311 e. The molecule has 1 aliphatic heterocycles. The second kappa shape index (κ2) is 9.96. The topological polar surface area (TPSA) is 67.9 Å². The van der Waals surface area contributed by atoms with Crippen LogP contribution in [0.25, 0.3) is 0 Å². The summed E-state index contributed by atoms with van der Waals surface area (Å²) >= 11 is 0. The highest BCUT2D eigenvalue weighted by Crippen LogP contribution is 2.22. The molecule has 6 heteroatoms. The van der Waals surface area contributed by atoms with Crippen molar-refractivity contribution in [3.05, 3.63) is 54.1 Å². The third kappa shape index (κ3) is 5.98. The number of amides is 1. The smallest absolute Gasteiger partial charge is 0.311 e. The lowest BCUT2D eigenvalue weighted by molar-refractivity contribution is -0.152. The number of nitrogens with one attached hydrogen (secondary N) is 1. The van der Waals surface area contributed by atoms with Gasteiger partial charge in [0.15, 0.2) is 6.10 Å². The second-order valence-electron chi connectivity index (χ2n) is 7.24. The Morgan fingerprint density at radius 2 is 1.66 bits per heavy atom. The predicted molar refractivity (Wildman–Crippen MR) is 113 cm³/mol. The summed E-state index contributed by atoms with van der Waals surface area (Å²) in [6.45, 7) is 3.73. The summed E-state index contributed by atoms with van der Waals surface area (Å²) in [6.07, 6.45) is 2.96. The number of carbonyl (C=O) groups is 2. The van der Waals surface area contributed by atoms with Gasteiger partial charge in [0.1, 0.15) is 5.75 Å². The average molecular weight is 396 g/mol. The minimum atomic E-state index is -0.873. The van der Waals surface area contributed by atoms with Crippen LogP contribution in [0.15, 0.2) is 48.5 Å². The molecule has 0 unspecified atom stereocenters. The summed E-state index contributed by atoms with van der Waals surface area (Å²) in [6, 6.07) is 15.0. The van der Waals surface area contributed by atoms with Crippen molar-refractivity contribution in [3.8, 4) is 5.75 Å². The number of nitrogens with zero attached hydrogens (tertiary/aromatic N) is 1. The normalized spacial score (nSPS) is 14.8. The van der Waals surface area contributed by atoms with Gasteiger partial charge in [0.2, 0.25) is 0 Å². The molecule has 0 radical (unpaired) electrons. The summed E-state index contributed by atoms with van der Waals surface area (Å²) in [4.78, 5) is 26.8. The molecule has 6 nitrogen and oxygen atoms in total. The highest BCUT2D eigenvalue weighted by atomic mass is 16.5. The van der Waals surface area contributed by atoms with Gasteiger partial charge in [0.25, 0.3) is 5.91 Å². The van der Waals surface area contributed by atoms with Crippen molar-refractivity contribution in [3.63, 3.8) is 0 Å². The third-order valence-corrected chi connectivity index (χ3v) is 5.04. The lowest BCUT2D eigenvalue weighted by atomic mass is 10.1. The zero-order chi connectivity index (χ0) is 20.6. The molecule has 1 heterocycles. The lowest BCUT2D eigenvalue weighted by Gasteiger charge is -2.28. The molecular formula is C23H28N2O4.